The molecule has 0 amide bonds. The molecule has 10 heavy (non-hydrogen) atoms. The molecular weight excluding hydrogens is 155 g/mol. The van der Waals surface area contributed by atoms with E-state index in [2.05, 4.69) is 0 Å². The molecule has 1 atom stereocenters. The van der Waals surface area contributed by atoms with Gasteiger partial charge in [-0.2, -0.15) is 8.42 Å². The normalized spacial score (nSPS) is 15.1. The van der Waals surface area contributed by atoms with Gasteiger partial charge in [-0.15, -0.1) is 3.89 Å². The van der Waals surface area contributed by atoms with E-state index >= 15 is 0 Å². The summed E-state index contributed by atoms with van der Waals surface area (Å²) < 4.78 is 32.0. The third-order valence-corrected chi connectivity index (χ3v) is 2.23. The minimum absolute atomic E-state index is 0.0556. The van der Waals surface area contributed by atoms with E-state index in [9.17, 15) is 12.3 Å². The fourth-order valence-corrected chi connectivity index (χ4v) is 1.76. The summed E-state index contributed by atoms with van der Waals surface area (Å²) in [6.45, 7) is 3.68. The quantitative estimate of drug-likeness (QED) is 0.599. The molecule has 0 aromatic heterocycles. The summed E-state index contributed by atoms with van der Waals surface area (Å²) in [6.07, 6.45) is 1.67. The number of rotatable bonds is 4. The predicted molar refractivity (Wildman–Crippen MR) is 39.0 cm³/mol. The summed E-state index contributed by atoms with van der Waals surface area (Å²) in [5, 5.41) is 0. The van der Waals surface area contributed by atoms with Crippen LogP contribution in [0.25, 0.3) is 0 Å². The average molecular weight is 168 g/mol. The summed E-state index contributed by atoms with van der Waals surface area (Å²) in [4.78, 5) is 0. The van der Waals surface area contributed by atoms with Crippen molar-refractivity contribution in [3.63, 3.8) is 0 Å². The van der Waals surface area contributed by atoms with Crippen LogP contribution in [0.15, 0.2) is 0 Å². The van der Waals surface area contributed by atoms with Gasteiger partial charge in [-0.1, -0.05) is 20.3 Å². The fraction of sp³-hybridized carbons (Fsp3) is 1.00. The van der Waals surface area contributed by atoms with E-state index in [1.165, 1.54) is 0 Å². The zero-order valence-corrected chi connectivity index (χ0v) is 7.12. The summed E-state index contributed by atoms with van der Waals surface area (Å²) in [5.41, 5.74) is 0. The third kappa shape index (κ3) is 6.01. The maximum atomic E-state index is 11.9. The van der Waals surface area contributed by atoms with Crippen molar-refractivity contribution < 1.29 is 12.3 Å². The van der Waals surface area contributed by atoms with E-state index in [0.717, 1.165) is 12.8 Å². The first kappa shape index (κ1) is 9.88. The van der Waals surface area contributed by atoms with Gasteiger partial charge in [-0.3, -0.25) is 0 Å². The molecule has 0 spiro atoms. The molecule has 62 valence electrons. The van der Waals surface area contributed by atoms with Crippen LogP contribution in [-0.4, -0.2) is 14.2 Å². The maximum Gasteiger partial charge on any atom is 0.302 e. The Morgan fingerprint density at radius 2 is 2.00 bits per heavy atom. The highest BCUT2D eigenvalue weighted by atomic mass is 32.3. The topological polar surface area (TPSA) is 34.1 Å². The van der Waals surface area contributed by atoms with Crippen molar-refractivity contribution in [1.29, 1.82) is 0 Å². The molecule has 0 heterocycles. The Labute approximate surface area is 61.7 Å². The van der Waals surface area contributed by atoms with Crippen LogP contribution in [0.2, 0.25) is 0 Å². The Kier molecular flexibility index (Phi) is 3.86. The van der Waals surface area contributed by atoms with Gasteiger partial charge in [0.2, 0.25) is 0 Å². The van der Waals surface area contributed by atoms with Gasteiger partial charge in [0.1, 0.15) is 0 Å². The average Bonchev–Trinajstić information content (AvgIpc) is 1.59. The molecular formula is C6H13FO2S. The van der Waals surface area contributed by atoms with Gasteiger partial charge >= 0.3 is 10.2 Å². The number of halogens is 1. The van der Waals surface area contributed by atoms with Gasteiger partial charge in [-0.05, 0) is 12.3 Å². The molecule has 0 rings (SSSR count). The van der Waals surface area contributed by atoms with E-state index in [1.807, 2.05) is 6.92 Å². The first-order valence-electron chi connectivity index (χ1n) is 3.38. The smallest absolute Gasteiger partial charge is 0.195 e. The van der Waals surface area contributed by atoms with E-state index < -0.39 is 10.2 Å². The first-order valence-corrected chi connectivity index (χ1v) is 4.93. The molecule has 0 aliphatic carbocycles. The minimum atomic E-state index is -4.25. The molecule has 1 unspecified atom stereocenters. The van der Waals surface area contributed by atoms with E-state index in [-0.39, 0.29) is 11.7 Å². The Balaban J connectivity index is 3.69. The van der Waals surface area contributed by atoms with Crippen molar-refractivity contribution in [2.45, 2.75) is 26.7 Å². The number of hydrogen-bond donors (Lipinski definition) is 0. The minimum Gasteiger partial charge on any atom is -0.195 e. The number of hydrogen-bond acceptors (Lipinski definition) is 2. The molecule has 0 radical (unpaired) electrons. The molecule has 0 bridgehead atoms. The highest BCUT2D eigenvalue weighted by Crippen LogP contribution is 2.08. The molecule has 0 aliphatic rings. The zero-order valence-electron chi connectivity index (χ0n) is 6.30. The Morgan fingerprint density at radius 3 is 2.30 bits per heavy atom. The van der Waals surface area contributed by atoms with Gasteiger partial charge in [0.05, 0.1) is 5.75 Å². The van der Waals surface area contributed by atoms with E-state index in [4.69, 9.17) is 0 Å². The van der Waals surface area contributed by atoms with Crippen LogP contribution in [0.5, 0.6) is 0 Å². The summed E-state index contributed by atoms with van der Waals surface area (Å²) in [6, 6.07) is 0. The summed E-state index contributed by atoms with van der Waals surface area (Å²) in [7, 11) is -4.25. The lowest BCUT2D eigenvalue weighted by molar-refractivity contribution is 0.515. The van der Waals surface area contributed by atoms with Crippen LogP contribution in [0.4, 0.5) is 3.89 Å². The first-order chi connectivity index (χ1) is 4.45. The Bertz CT molecular complexity index is 174. The van der Waals surface area contributed by atoms with Crippen molar-refractivity contribution >= 4 is 10.2 Å². The van der Waals surface area contributed by atoms with Crippen molar-refractivity contribution in [3.8, 4) is 0 Å². The van der Waals surface area contributed by atoms with Crippen LogP contribution in [0.1, 0.15) is 26.7 Å². The molecule has 0 N–H and O–H groups in total. The molecule has 0 aromatic rings. The molecule has 4 heteroatoms. The van der Waals surface area contributed by atoms with Crippen LogP contribution in [0.3, 0.4) is 0 Å². The monoisotopic (exact) mass is 168 g/mol. The van der Waals surface area contributed by atoms with Crippen molar-refractivity contribution in [1.82, 2.24) is 0 Å². The highest BCUT2D eigenvalue weighted by molar-refractivity contribution is 7.86. The van der Waals surface area contributed by atoms with Crippen molar-refractivity contribution in [2.24, 2.45) is 5.92 Å². The SMILES string of the molecule is CCCC(C)CS(=O)(=O)F. The van der Waals surface area contributed by atoms with Crippen LogP contribution >= 0.6 is 0 Å². The fourth-order valence-electron chi connectivity index (χ4n) is 0.916. The molecule has 0 aromatic carbocycles. The van der Waals surface area contributed by atoms with Gasteiger partial charge in [0.15, 0.2) is 0 Å². The van der Waals surface area contributed by atoms with Crippen molar-refractivity contribution in [2.75, 3.05) is 5.75 Å². The van der Waals surface area contributed by atoms with Crippen LogP contribution in [-0.2, 0) is 10.2 Å². The third-order valence-electron chi connectivity index (χ3n) is 1.27. The second-order valence-electron chi connectivity index (χ2n) is 2.60. The molecule has 0 fully saturated rings. The molecule has 0 aliphatic heterocycles. The summed E-state index contributed by atoms with van der Waals surface area (Å²) >= 11 is 0. The Hall–Kier alpha value is -0.120. The predicted octanol–water partition coefficient (Wildman–Crippen LogP) is 1.72. The second-order valence-corrected chi connectivity index (χ2v) is 4.01. The standard InChI is InChI=1S/C6H13FO2S/c1-3-4-6(2)5-10(7,8)9/h6H,3-5H2,1-2H3. The highest BCUT2D eigenvalue weighted by Gasteiger charge is 2.12. The van der Waals surface area contributed by atoms with Gasteiger partial charge in [-0.25, -0.2) is 0 Å². The maximum absolute atomic E-state index is 11.9. The van der Waals surface area contributed by atoms with Gasteiger partial charge in [0.25, 0.3) is 0 Å². The van der Waals surface area contributed by atoms with Crippen molar-refractivity contribution in [3.05, 3.63) is 0 Å². The van der Waals surface area contributed by atoms with Crippen LogP contribution in [0, 0.1) is 5.92 Å². The van der Waals surface area contributed by atoms with E-state index in [0.29, 0.717) is 0 Å². The second kappa shape index (κ2) is 3.91. The largest absolute Gasteiger partial charge is 0.302 e. The lowest BCUT2D eigenvalue weighted by atomic mass is 10.1. The lowest BCUT2D eigenvalue weighted by Gasteiger charge is -2.04. The summed E-state index contributed by atoms with van der Waals surface area (Å²) in [5.74, 6) is -0.388. The lowest BCUT2D eigenvalue weighted by Crippen LogP contribution is -2.08. The van der Waals surface area contributed by atoms with Gasteiger partial charge < -0.3 is 0 Å². The van der Waals surface area contributed by atoms with Gasteiger partial charge in [0, 0.05) is 0 Å². The molecule has 0 saturated heterocycles. The Morgan fingerprint density at radius 1 is 1.50 bits per heavy atom. The van der Waals surface area contributed by atoms with E-state index in [1.54, 1.807) is 6.92 Å². The molecule has 0 saturated carbocycles. The zero-order chi connectivity index (χ0) is 8.20. The van der Waals surface area contributed by atoms with Crippen LogP contribution < -0.4 is 0 Å². The molecule has 2 nitrogen and oxygen atoms in total.